The average Bonchev–Trinajstić information content (AvgIpc) is 3.88. The van der Waals surface area contributed by atoms with E-state index in [9.17, 15) is 4.79 Å². The Bertz CT molecular complexity index is 2010. The summed E-state index contributed by atoms with van der Waals surface area (Å²) in [6, 6.07) is 33.8. The minimum absolute atomic E-state index is 0.368. The van der Waals surface area contributed by atoms with E-state index in [1.807, 2.05) is 114 Å². The molecule has 0 saturated carbocycles. The number of hydrogen-bond donors (Lipinski definition) is 1. The van der Waals surface area contributed by atoms with Gasteiger partial charge in [-0.05, 0) is 105 Å². The standard InChI is InChI=1S/C11H11NO.C10H11NO2.C9H11N.C8H11N.C7H10N2/c1-8-9(2)13-11(12-8)10-6-4-3-5-7-10;1-11-5-4-7-2-3-8(10(12)13)6-9(7)11;1-10-7-6-8-4-2-3-5-9(8)10;1-3-8-5-4-7(2)9-6-8;1-9(2)7-5-3-4-6-8-7/h3-7H,1-2H3;2-3,6H,4-5H2,1H3,(H,12,13);2-5H,6-7H2,1H3;4-6H,3H2,1-2H3;3-6H,1-2H3. The first-order chi connectivity index (χ1) is 26.0. The van der Waals surface area contributed by atoms with Crippen molar-refractivity contribution in [3.8, 4) is 11.5 Å². The second kappa shape index (κ2) is 20.3. The smallest absolute Gasteiger partial charge is 0.335 e. The maximum absolute atomic E-state index is 10.7. The number of aromatic nitrogens is 3. The highest BCUT2D eigenvalue weighted by Gasteiger charge is 2.17. The second-order valence-electron chi connectivity index (χ2n) is 13.4. The Morgan fingerprint density at radius 1 is 0.778 bits per heavy atom. The number of aromatic carboxylic acids is 1. The summed E-state index contributed by atoms with van der Waals surface area (Å²) in [6.45, 7) is 10.2. The van der Waals surface area contributed by atoms with Gasteiger partial charge in [-0.1, -0.05) is 61.5 Å². The summed E-state index contributed by atoms with van der Waals surface area (Å²) in [4.78, 5) is 29.6. The molecule has 0 radical (unpaired) electrons. The van der Waals surface area contributed by atoms with Crippen LogP contribution in [0.1, 0.15) is 51.1 Å². The van der Waals surface area contributed by atoms with Crippen LogP contribution in [-0.4, -0.2) is 67.3 Å². The van der Waals surface area contributed by atoms with Crippen molar-refractivity contribution in [1.29, 1.82) is 0 Å². The molecule has 3 aromatic heterocycles. The summed E-state index contributed by atoms with van der Waals surface area (Å²) in [6.07, 6.45) is 7.02. The van der Waals surface area contributed by atoms with Gasteiger partial charge in [0.05, 0.1) is 11.3 Å². The van der Waals surface area contributed by atoms with Gasteiger partial charge in [-0.25, -0.2) is 14.8 Å². The van der Waals surface area contributed by atoms with E-state index in [0.29, 0.717) is 11.5 Å². The molecule has 8 rings (SSSR count). The van der Waals surface area contributed by atoms with Gasteiger partial charge in [0.25, 0.3) is 0 Å². The molecule has 282 valence electrons. The molecule has 0 unspecified atom stereocenters. The van der Waals surface area contributed by atoms with Gasteiger partial charge < -0.3 is 24.2 Å². The number of nitrogens with zero attached hydrogens (tertiary/aromatic N) is 6. The van der Waals surface area contributed by atoms with Gasteiger partial charge in [-0.3, -0.25) is 4.98 Å². The Hall–Kier alpha value is -5.96. The highest BCUT2D eigenvalue weighted by Crippen LogP contribution is 2.28. The molecule has 0 atom stereocenters. The van der Waals surface area contributed by atoms with Gasteiger partial charge in [0.1, 0.15) is 11.6 Å². The number of oxazole rings is 1. The van der Waals surface area contributed by atoms with E-state index >= 15 is 0 Å². The third-order valence-electron chi connectivity index (χ3n) is 9.12. The molecule has 3 aromatic carbocycles. The molecule has 9 nitrogen and oxygen atoms in total. The van der Waals surface area contributed by atoms with Crippen molar-refractivity contribution >= 4 is 23.2 Å². The molecule has 9 heteroatoms. The van der Waals surface area contributed by atoms with Crippen LogP contribution in [0, 0.1) is 20.8 Å². The Morgan fingerprint density at radius 3 is 1.96 bits per heavy atom. The Morgan fingerprint density at radius 2 is 1.43 bits per heavy atom. The Kier molecular flexibility index (Phi) is 15.4. The number of carboxylic acids is 1. The zero-order valence-corrected chi connectivity index (χ0v) is 33.0. The fourth-order valence-electron chi connectivity index (χ4n) is 5.68. The molecule has 6 aromatic rings. The average molecular weight is 727 g/mol. The lowest BCUT2D eigenvalue weighted by Crippen LogP contribution is -2.12. The van der Waals surface area contributed by atoms with Crippen LogP contribution in [0.2, 0.25) is 0 Å². The Balaban J connectivity index is 0.000000152. The van der Waals surface area contributed by atoms with Crippen molar-refractivity contribution in [1.82, 2.24) is 15.0 Å². The largest absolute Gasteiger partial charge is 0.478 e. The quantitative estimate of drug-likeness (QED) is 0.191. The molecule has 0 spiro atoms. The first kappa shape index (κ1) is 40.8. The van der Waals surface area contributed by atoms with Crippen LogP contribution < -0.4 is 14.7 Å². The van der Waals surface area contributed by atoms with E-state index in [1.54, 1.807) is 18.3 Å². The normalized spacial score (nSPS) is 11.9. The van der Waals surface area contributed by atoms with Crippen LogP contribution >= 0.6 is 0 Å². The number of carbonyl (C=O) groups is 1. The van der Waals surface area contributed by atoms with Crippen LogP contribution in [0.3, 0.4) is 0 Å². The van der Waals surface area contributed by atoms with Crippen molar-refractivity contribution in [2.24, 2.45) is 0 Å². The summed E-state index contributed by atoms with van der Waals surface area (Å²) in [5, 5.41) is 8.78. The number of benzene rings is 3. The van der Waals surface area contributed by atoms with Crippen molar-refractivity contribution < 1.29 is 14.3 Å². The first-order valence-electron chi connectivity index (χ1n) is 18.3. The minimum Gasteiger partial charge on any atom is -0.478 e. The van der Waals surface area contributed by atoms with E-state index in [-0.39, 0.29) is 0 Å². The number of anilines is 3. The van der Waals surface area contributed by atoms with Crippen LogP contribution in [0.25, 0.3) is 11.5 Å². The fraction of sp³-hybridized carbons (Fsp3) is 0.289. The highest BCUT2D eigenvalue weighted by atomic mass is 16.4. The molecular weight excluding hydrogens is 673 g/mol. The zero-order valence-electron chi connectivity index (χ0n) is 33.0. The Labute approximate surface area is 321 Å². The number of para-hydroxylation sites is 1. The number of pyridine rings is 2. The molecule has 0 saturated heterocycles. The lowest BCUT2D eigenvalue weighted by atomic mass is 10.1. The van der Waals surface area contributed by atoms with E-state index in [1.165, 1.54) is 35.3 Å². The molecule has 0 bridgehead atoms. The predicted octanol–water partition coefficient (Wildman–Crippen LogP) is 9.11. The monoisotopic (exact) mass is 726 g/mol. The molecule has 5 heterocycles. The number of carboxylic acid groups (broad SMARTS) is 1. The summed E-state index contributed by atoms with van der Waals surface area (Å²) < 4.78 is 5.49. The summed E-state index contributed by atoms with van der Waals surface area (Å²) in [5.74, 6) is 1.73. The van der Waals surface area contributed by atoms with E-state index in [0.717, 1.165) is 53.6 Å². The highest BCUT2D eigenvalue weighted by molar-refractivity contribution is 5.89. The van der Waals surface area contributed by atoms with Crippen molar-refractivity contribution in [3.63, 3.8) is 0 Å². The number of fused-ring (bicyclic) bond motifs is 2. The van der Waals surface area contributed by atoms with Crippen LogP contribution in [-0.2, 0) is 19.3 Å². The van der Waals surface area contributed by atoms with E-state index < -0.39 is 5.97 Å². The van der Waals surface area contributed by atoms with Gasteiger partial charge in [-0.2, -0.15) is 0 Å². The maximum atomic E-state index is 10.7. The zero-order chi connectivity index (χ0) is 39.0. The third-order valence-corrected chi connectivity index (χ3v) is 9.12. The summed E-state index contributed by atoms with van der Waals surface area (Å²) in [7, 11) is 8.08. The summed E-state index contributed by atoms with van der Waals surface area (Å²) >= 11 is 0. The lowest BCUT2D eigenvalue weighted by molar-refractivity contribution is 0.0697. The minimum atomic E-state index is -0.858. The number of likely N-dealkylation sites (N-methyl/N-ethyl adjacent to an activating group) is 2. The van der Waals surface area contributed by atoms with Gasteiger partial charge in [-0.15, -0.1) is 0 Å². The molecule has 2 aliphatic rings. The third kappa shape index (κ3) is 12.0. The van der Waals surface area contributed by atoms with Crippen LogP contribution in [0.5, 0.6) is 0 Å². The molecule has 54 heavy (non-hydrogen) atoms. The SMILES string of the molecule is CCc1ccc(C)nc1.CN(C)c1ccccn1.CN1CCc2ccc(C(=O)O)cc21.CN1CCc2ccccc21.Cc1nc(-c2ccccc2)oc1C. The van der Waals surface area contributed by atoms with Crippen LogP contribution in [0.4, 0.5) is 17.2 Å². The molecule has 2 aliphatic heterocycles. The van der Waals surface area contributed by atoms with E-state index in [2.05, 4.69) is 69.1 Å². The number of hydrogen-bond acceptors (Lipinski definition) is 8. The van der Waals surface area contributed by atoms with Gasteiger partial charge in [0, 0.05) is 76.3 Å². The predicted molar refractivity (Wildman–Crippen MR) is 222 cm³/mol. The molecule has 0 fully saturated rings. The fourth-order valence-corrected chi connectivity index (χ4v) is 5.68. The van der Waals surface area contributed by atoms with Gasteiger partial charge >= 0.3 is 5.97 Å². The van der Waals surface area contributed by atoms with E-state index in [4.69, 9.17) is 9.52 Å². The first-order valence-corrected chi connectivity index (χ1v) is 18.3. The van der Waals surface area contributed by atoms with Gasteiger partial charge in [0.2, 0.25) is 5.89 Å². The molecule has 0 aliphatic carbocycles. The topological polar surface area (TPSA) is 98.8 Å². The number of rotatable bonds is 4. The molecule has 0 amide bonds. The molecule has 1 N–H and O–H groups in total. The van der Waals surface area contributed by atoms with Crippen LogP contribution in [0.15, 0.2) is 120 Å². The van der Waals surface area contributed by atoms with Crippen molar-refractivity contribution in [2.45, 2.75) is 47.0 Å². The second-order valence-corrected chi connectivity index (χ2v) is 13.4. The maximum Gasteiger partial charge on any atom is 0.335 e. The van der Waals surface area contributed by atoms with Crippen molar-refractivity contribution in [2.75, 3.05) is 56.0 Å². The lowest BCUT2D eigenvalue weighted by Gasteiger charge is -2.11. The summed E-state index contributed by atoms with van der Waals surface area (Å²) in [5.41, 5.74) is 9.94. The van der Waals surface area contributed by atoms with Crippen molar-refractivity contribution in [3.05, 3.63) is 155 Å². The van der Waals surface area contributed by atoms with Gasteiger partial charge in [0.15, 0.2) is 0 Å². The number of aryl methyl sites for hydroxylation is 4. The molecular formula is C45H54N6O3.